The fraction of sp³-hybridized carbons (Fsp3) is 0.125. The van der Waals surface area contributed by atoms with Crippen molar-refractivity contribution in [1.29, 1.82) is 5.26 Å². The number of nitrogens with zero attached hydrogens (tertiary/aromatic N) is 3. The molecule has 4 aromatic rings. The lowest BCUT2D eigenvalue weighted by atomic mass is 10.1. The topological polar surface area (TPSA) is 57.0 Å². The average Bonchev–Trinajstić information content (AvgIpc) is 3.16. The highest BCUT2D eigenvalue weighted by molar-refractivity contribution is 7.22. The Morgan fingerprint density at radius 3 is 2.48 bits per heavy atom. The molecule has 0 saturated carbocycles. The first kappa shape index (κ1) is 18.9. The van der Waals surface area contributed by atoms with Crippen LogP contribution in [0.4, 0.5) is 5.13 Å². The smallest absolute Gasteiger partial charge is 0.260 e. The summed E-state index contributed by atoms with van der Waals surface area (Å²) in [6.45, 7) is 4.55. The molecule has 0 radical (unpaired) electrons. The summed E-state index contributed by atoms with van der Waals surface area (Å²) in [5.41, 5.74) is 5.32. The molecule has 1 heterocycles. The minimum Gasteiger partial charge on any atom is -0.279 e. The number of aromatic nitrogens is 1. The third kappa shape index (κ3) is 3.89. The van der Waals surface area contributed by atoms with Gasteiger partial charge in [0.25, 0.3) is 5.91 Å². The Balaban J connectivity index is 1.78. The number of thiazole rings is 1. The Hall–Kier alpha value is -3.49. The summed E-state index contributed by atoms with van der Waals surface area (Å²) in [5.74, 6) is -0.133. The number of carbonyl (C=O) groups is 1. The molecule has 0 atom stereocenters. The molecule has 0 aliphatic heterocycles. The fourth-order valence-corrected chi connectivity index (χ4v) is 4.33. The van der Waals surface area contributed by atoms with Gasteiger partial charge in [-0.1, -0.05) is 47.7 Å². The van der Waals surface area contributed by atoms with Gasteiger partial charge in [-0.3, -0.25) is 9.69 Å². The lowest BCUT2D eigenvalue weighted by Crippen LogP contribution is -2.30. The van der Waals surface area contributed by atoms with Crippen molar-refractivity contribution in [3.8, 4) is 6.07 Å². The number of amides is 1. The number of carbonyl (C=O) groups excluding carboxylic acids is 1. The van der Waals surface area contributed by atoms with Crippen molar-refractivity contribution in [3.63, 3.8) is 0 Å². The molecule has 1 amide bonds. The standard InChI is InChI=1S/C24H19N3OS/c1-16-12-17(2)22-21(13-16)26-24(29-22)27(15-19-6-4-3-5-7-19)23(28)20-10-8-18(14-25)9-11-20/h3-13H,15H2,1-2H3. The zero-order valence-corrected chi connectivity index (χ0v) is 17.0. The molecule has 4 rings (SSSR count). The number of aryl methyl sites for hydroxylation is 2. The summed E-state index contributed by atoms with van der Waals surface area (Å²) < 4.78 is 1.09. The Bertz CT molecular complexity index is 1220. The molecule has 0 unspecified atom stereocenters. The van der Waals surface area contributed by atoms with Crippen molar-refractivity contribution in [1.82, 2.24) is 4.98 Å². The zero-order chi connectivity index (χ0) is 20.4. The Kier molecular flexibility index (Phi) is 5.11. The van der Waals surface area contributed by atoms with E-state index in [2.05, 4.69) is 32.0 Å². The number of anilines is 1. The van der Waals surface area contributed by atoms with E-state index in [0.717, 1.165) is 26.9 Å². The molecule has 0 saturated heterocycles. The van der Waals surface area contributed by atoms with Crippen LogP contribution in [0.5, 0.6) is 0 Å². The summed E-state index contributed by atoms with van der Waals surface area (Å²) in [4.78, 5) is 19.9. The second kappa shape index (κ2) is 7.86. The lowest BCUT2D eigenvalue weighted by molar-refractivity contribution is 0.0985. The molecule has 142 valence electrons. The van der Waals surface area contributed by atoms with Gasteiger partial charge in [0, 0.05) is 5.56 Å². The number of hydrogen-bond acceptors (Lipinski definition) is 4. The molecular weight excluding hydrogens is 378 g/mol. The van der Waals surface area contributed by atoms with Gasteiger partial charge in [-0.05, 0) is 60.9 Å². The van der Waals surface area contributed by atoms with E-state index in [4.69, 9.17) is 10.2 Å². The molecule has 0 fully saturated rings. The van der Waals surface area contributed by atoms with Crippen LogP contribution in [0.1, 0.15) is 32.6 Å². The first-order valence-corrected chi connectivity index (χ1v) is 10.1. The maximum Gasteiger partial charge on any atom is 0.260 e. The maximum atomic E-state index is 13.4. The van der Waals surface area contributed by atoms with Crippen LogP contribution in [-0.4, -0.2) is 10.9 Å². The number of hydrogen-bond donors (Lipinski definition) is 0. The van der Waals surface area contributed by atoms with Crippen molar-refractivity contribution in [3.05, 3.63) is 94.5 Å². The van der Waals surface area contributed by atoms with Gasteiger partial charge in [-0.2, -0.15) is 5.26 Å². The van der Waals surface area contributed by atoms with Crippen molar-refractivity contribution in [2.75, 3.05) is 4.90 Å². The summed E-state index contributed by atoms with van der Waals surface area (Å²) >= 11 is 1.53. The van der Waals surface area contributed by atoms with E-state index in [-0.39, 0.29) is 5.91 Å². The van der Waals surface area contributed by atoms with E-state index in [1.165, 1.54) is 11.3 Å². The molecule has 3 aromatic carbocycles. The summed E-state index contributed by atoms with van der Waals surface area (Å²) in [5, 5.41) is 9.70. The fourth-order valence-electron chi connectivity index (χ4n) is 3.32. The van der Waals surface area contributed by atoms with E-state index < -0.39 is 0 Å². The predicted molar refractivity (Wildman–Crippen MR) is 117 cm³/mol. The van der Waals surface area contributed by atoms with Crippen LogP contribution in [0.2, 0.25) is 0 Å². The van der Waals surface area contributed by atoms with Gasteiger partial charge < -0.3 is 0 Å². The average molecular weight is 398 g/mol. The number of benzene rings is 3. The first-order valence-electron chi connectivity index (χ1n) is 9.29. The summed E-state index contributed by atoms with van der Waals surface area (Å²) in [7, 11) is 0. The third-order valence-corrected chi connectivity index (χ3v) is 5.96. The zero-order valence-electron chi connectivity index (χ0n) is 16.2. The molecule has 5 heteroatoms. The van der Waals surface area contributed by atoms with Gasteiger partial charge in [-0.15, -0.1) is 0 Å². The summed E-state index contributed by atoms with van der Waals surface area (Å²) in [6, 6.07) is 22.9. The van der Waals surface area contributed by atoms with Crippen LogP contribution < -0.4 is 4.90 Å². The molecule has 0 aliphatic rings. The molecule has 1 aromatic heterocycles. The van der Waals surface area contributed by atoms with E-state index in [9.17, 15) is 4.79 Å². The van der Waals surface area contributed by atoms with Crippen molar-refractivity contribution >= 4 is 32.6 Å². The SMILES string of the molecule is Cc1cc(C)c2sc(N(Cc3ccccc3)C(=O)c3ccc(C#N)cc3)nc2c1. The first-order chi connectivity index (χ1) is 14.0. The molecule has 0 N–H and O–H groups in total. The van der Waals surface area contributed by atoms with Crippen LogP contribution in [-0.2, 0) is 6.54 Å². The van der Waals surface area contributed by atoms with Crippen molar-refractivity contribution < 1.29 is 4.79 Å². The molecule has 0 spiro atoms. The van der Waals surface area contributed by atoms with Crippen LogP contribution in [0.25, 0.3) is 10.2 Å². The minimum absolute atomic E-state index is 0.133. The lowest BCUT2D eigenvalue weighted by Gasteiger charge is -2.20. The van der Waals surface area contributed by atoms with Crippen molar-refractivity contribution in [2.45, 2.75) is 20.4 Å². The maximum absolute atomic E-state index is 13.4. The van der Waals surface area contributed by atoms with Gasteiger partial charge in [0.15, 0.2) is 5.13 Å². The molecule has 4 nitrogen and oxygen atoms in total. The number of nitriles is 1. The van der Waals surface area contributed by atoms with Crippen LogP contribution in [0.15, 0.2) is 66.7 Å². The van der Waals surface area contributed by atoms with E-state index >= 15 is 0 Å². The van der Waals surface area contributed by atoms with Gasteiger partial charge in [0.05, 0.1) is 28.4 Å². The quantitative estimate of drug-likeness (QED) is 0.448. The third-order valence-electron chi connectivity index (χ3n) is 4.73. The van der Waals surface area contributed by atoms with Gasteiger partial charge in [0.2, 0.25) is 0 Å². The monoisotopic (exact) mass is 397 g/mol. The highest BCUT2D eigenvalue weighted by atomic mass is 32.1. The Morgan fingerprint density at radius 2 is 1.79 bits per heavy atom. The molecule has 0 aliphatic carbocycles. The second-order valence-corrected chi connectivity index (χ2v) is 7.97. The highest BCUT2D eigenvalue weighted by Crippen LogP contribution is 2.33. The normalized spacial score (nSPS) is 10.7. The number of rotatable bonds is 4. The Morgan fingerprint density at radius 1 is 1.07 bits per heavy atom. The van der Waals surface area contributed by atoms with E-state index in [1.807, 2.05) is 30.3 Å². The van der Waals surface area contributed by atoms with Gasteiger partial charge in [-0.25, -0.2) is 4.98 Å². The Labute approximate surface area is 173 Å². The molecule has 0 bridgehead atoms. The molecular formula is C24H19N3OS. The number of fused-ring (bicyclic) bond motifs is 1. The molecule has 29 heavy (non-hydrogen) atoms. The minimum atomic E-state index is -0.133. The van der Waals surface area contributed by atoms with Crippen LogP contribution in [0.3, 0.4) is 0 Å². The van der Waals surface area contributed by atoms with E-state index in [1.54, 1.807) is 29.2 Å². The summed E-state index contributed by atoms with van der Waals surface area (Å²) in [6.07, 6.45) is 0. The highest BCUT2D eigenvalue weighted by Gasteiger charge is 2.22. The van der Waals surface area contributed by atoms with Crippen LogP contribution in [0, 0.1) is 25.2 Å². The van der Waals surface area contributed by atoms with Gasteiger partial charge in [0.1, 0.15) is 0 Å². The van der Waals surface area contributed by atoms with Crippen molar-refractivity contribution in [2.24, 2.45) is 0 Å². The van der Waals surface area contributed by atoms with E-state index in [0.29, 0.717) is 22.8 Å². The van der Waals surface area contributed by atoms with Crippen LogP contribution >= 0.6 is 11.3 Å². The second-order valence-electron chi connectivity index (χ2n) is 6.99. The largest absolute Gasteiger partial charge is 0.279 e. The predicted octanol–water partition coefficient (Wildman–Crippen LogP) is 5.63. The van der Waals surface area contributed by atoms with Gasteiger partial charge >= 0.3 is 0 Å².